The predicted octanol–water partition coefficient (Wildman–Crippen LogP) is 2.47. The number of fused-ring (bicyclic) bond motifs is 3. The summed E-state index contributed by atoms with van der Waals surface area (Å²) in [6.07, 6.45) is -7.69. The molecule has 0 unspecified atom stereocenters. The van der Waals surface area contributed by atoms with Crippen LogP contribution in [0.4, 0.5) is 23.7 Å². The number of nitrogens with zero attached hydrogens (tertiary/aromatic N) is 3. The Morgan fingerprint density at radius 3 is 2.17 bits per heavy atom. The van der Waals surface area contributed by atoms with Crippen LogP contribution in [-0.4, -0.2) is 119 Å². The van der Waals surface area contributed by atoms with E-state index in [1.807, 2.05) is 0 Å². The Morgan fingerprint density at radius 2 is 1.65 bits per heavy atom. The fourth-order valence-electron chi connectivity index (χ4n) is 7.01. The quantitative estimate of drug-likeness (QED) is 0.140. The number of aliphatic hydroxyl groups is 3. The first-order valence-corrected chi connectivity index (χ1v) is 16.2. The number of nitrogens with two attached hydrogens (primary N) is 1. The zero-order valence-electron chi connectivity index (χ0n) is 29.8. The maximum Gasteiger partial charge on any atom is 0.412 e. The molecule has 1 fully saturated rings. The Kier molecular flexibility index (Phi) is 10.7. The zero-order chi connectivity index (χ0) is 39.4. The van der Waals surface area contributed by atoms with Crippen LogP contribution in [0.5, 0.6) is 5.75 Å². The highest BCUT2D eigenvalue weighted by molar-refractivity contribution is 6.24. The largest absolute Gasteiger partial charge is 0.508 e. The molecule has 0 spiro atoms. The average molecular weight is 741 g/mol. The monoisotopic (exact) mass is 740 g/mol. The van der Waals surface area contributed by atoms with Crippen LogP contribution in [-0.2, 0) is 41.6 Å². The first kappa shape index (κ1) is 39.9. The van der Waals surface area contributed by atoms with Gasteiger partial charge < -0.3 is 45.4 Å². The molecule has 3 aliphatic rings. The van der Waals surface area contributed by atoms with E-state index in [1.165, 1.54) is 45.8 Å². The van der Waals surface area contributed by atoms with Gasteiger partial charge in [-0.3, -0.25) is 24.1 Å². The lowest BCUT2D eigenvalue weighted by Crippen LogP contribution is -2.65. The molecule has 0 radical (unpaired) electrons. The maximum atomic E-state index is 14.2. The number of rotatable bonds is 9. The van der Waals surface area contributed by atoms with Gasteiger partial charge in [-0.2, -0.15) is 13.2 Å². The molecule has 6 N–H and O–H groups in total. The summed E-state index contributed by atoms with van der Waals surface area (Å²) in [6.45, 7) is 2.06. The average Bonchev–Trinajstić information content (AvgIpc) is 3.00. The molecular formula is C34H43F3N4O11. The van der Waals surface area contributed by atoms with Gasteiger partial charge in [0.25, 0.3) is 5.91 Å². The second kappa shape index (κ2) is 13.9. The Balaban J connectivity index is 1.82. The number of hydrogen-bond acceptors (Lipinski definition) is 13. The molecule has 2 amide bonds. The van der Waals surface area contributed by atoms with Crippen molar-refractivity contribution in [1.82, 2.24) is 9.80 Å². The van der Waals surface area contributed by atoms with Crippen LogP contribution < -0.4 is 10.6 Å². The predicted molar refractivity (Wildman–Crippen MR) is 177 cm³/mol. The molecule has 0 saturated heterocycles. The van der Waals surface area contributed by atoms with Crippen LogP contribution in [0.2, 0.25) is 0 Å². The van der Waals surface area contributed by atoms with E-state index in [9.17, 15) is 57.6 Å². The first-order chi connectivity index (χ1) is 23.8. The van der Waals surface area contributed by atoms with Crippen molar-refractivity contribution in [2.24, 2.45) is 23.0 Å². The highest BCUT2D eigenvalue weighted by atomic mass is 19.4. The molecule has 4 atom stereocenters. The molecular weight excluding hydrogens is 697 g/mol. The topological polar surface area (TPSA) is 220 Å². The summed E-state index contributed by atoms with van der Waals surface area (Å²) >= 11 is 0. The number of Topliss-reactive ketones (excluding diaryl/α,β-unsaturated/α-hetero) is 2. The van der Waals surface area contributed by atoms with Gasteiger partial charge in [-0.1, -0.05) is 0 Å². The summed E-state index contributed by atoms with van der Waals surface area (Å²) in [6, 6.07) is 0.113. The third kappa shape index (κ3) is 7.13. The maximum absolute atomic E-state index is 14.2. The number of amides is 2. The summed E-state index contributed by atoms with van der Waals surface area (Å²) in [5.74, 6) is -9.24. The molecule has 18 heteroatoms. The van der Waals surface area contributed by atoms with Crippen LogP contribution in [0.25, 0.3) is 5.76 Å². The highest BCUT2D eigenvalue weighted by Crippen LogP contribution is 2.54. The van der Waals surface area contributed by atoms with Gasteiger partial charge in [0, 0.05) is 43.4 Å². The minimum atomic E-state index is -4.70. The van der Waals surface area contributed by atoms with Gasteiger partial charge in [0.05, 0.1) is 30.0 Å². The number of esters is 1. The van der Waals surface area contributed by atoms with E-state index < -0.39 is 119 Å². The fourth-order valence-corrected chi connectivity index (χ4v) is 7.01. The molecule has 0 heterocycles. The minimum absolute atomic E-state index is 0.0468. The molecule has 15 nitrogen and oxygen atoms in total. The van der Waals surface area contributed by atoms with Crippen LogP contribution >= 0.6 is 0 Å². The molecule has 0 aromatic heterocycles. The number of ketones is 2. The van der Waals surface area contributed by atoms with Crippen molar-refractivity contribution in [2.75, 3.05) is 46.4 Å². The number of aromatic hydroxyl groups is 1. The lowest BCUT2D eigenvalue weighted by atomic mass is 9.57. The summed E-state index contributed by atoms with van der Waals surface area (Å²) in [4.78, 5) is 68.5. The lowest BCUT2D eigenvalue weighted by molar-refractivity contribution is -0.162. The number of aliphatic hydroxyl groups excluding tert-OH is 2. The Hall–Kier alpha value is -4.84. The van der Waals surface area contributed by atoms with E-state index in [1.54, 1.807) is 19.0 Å². The van der Waals surface area contributed by atoms with Crippen LogP contribution in [0.3, 0.4) is 0 Å². The lowest BCUT2D eigenvalue weighted by Gasteiger charge is -2.50. The molecule has 52 heavy (non-hydrogen) atoms. The third-order valence-electron chi connectivity index (χ3n) is 9.53. The molecule has 4 rings (SSSR count). The SMILES string of the molecule is CN(C)c1cc(CN(CCC(F)(F)F)C(=O)OCOC(=O)C(C)(C)C)c(O)c2c1C[C@H]1C[C@H]3[C@H](N(C)C)C(=O)C(C(N)=O)=C(O)[C@@]3(O)C(=O)C1=C2O. The summed E-state index contributed by atoms with van der Waals surface area (Å²) in [5, 5.41) is 46.2. The summed E-state index contributed by atoms with van der Waals surface area (Å²) < 4.78 is 49.7. The first-order valence-electron chi connectivity index (χ1n) is 16.2. The number of likely N-dealkylation sites (N-methyl/N-ethyl adjacent to an activating group) is 1. The van der Waals surface area contributed by atoms with Gasteiger partial charge in [0.15, 0.2) is 11.4 Å². The van der Waals surface area contributed by atoms with Crippen molar-refractivity contribution >= 4 is 41.0 Å². The number of anilines is 1. The number of phenols is 1. The second-order valence-electron chi connectivity index (χ2n) is 14.6. The van der Waals surface area contributed by atoms with E-state index in [0.29, 0.717) is 16.2 Å². The van der Waals surface area contributed by atoms with E-state index in [2.05, 4.69) is 0 Å². The smallest absolute Gasteiger partial charge is 0.412 e. The zero-order valence-corrected chi connectivity index (χ0v) is 29.8. The Morgan fingerprint density at radius 1 is 1.04 bits per heavy atom. The number of alkyl halides is 3. The number of benzene rings is 1. The fraction of sp³-hybridized carbons (Fsp3) is 0.559. The minimum Gasteiger partial charge on any atom is -0.508 e. The van der Waals surface area contributed by atoms with E-state index in [-0.39, 0.29) is 24.0 Å². The normalized spacial score (nSPS) is 23.2. The Bertz CT molecular complexity index is 1760. The van der Waals surface area contributed by atoms with Crippen molar-refractivity contribution in [3.8, 4) is 5.75 Å². The number of halogens is 3. The van der Waals surface area contributed by atoms with E-state index in [0.717, 1.165) is 0 Å². The Labute approximate surface area is 297 Å². The van der Waals surface area contributed by atoms with E-state index in [4.69, 9.17) is 15.2 Å². The van der Waals surface area contributed by atoms with Crippen LogP contribution in [0.15, 0.2) is 23.0 Å². The second-order valence-corrected chi connectivity index (χ2v) is 14.6. The van der Waals surface area contributed by atoms with Crippen molar-refractivity contribution in [3.05, 3.63) is 39.7 Å². The molecule has 3 aliphatic carbocycles. The van der Waals surface area contributed by atoms with Gasteiger partial charge >= 0.3 is 18.2 Å². The molecule has 1 aromatic rings. The number of carbonyl (C=O) groups excluding carboxylic acids is 5. The van der Waals surface area contributed by atoms with Crippen molar-refractivity contribution in [3.63, 3.8) is 0 Å². The summed E-state index contributed by atoms with van der Waals surface area (Å²) in [7, 11) is 6.16. The number of phenolic OH excluding ortho intramolecular Hbond substituents is 1. The molecule has 1 saturated carbocycles. The third-order valence-corrected chi connectivity index (χ3v) is 9.53. The molecule has 0 bridgehead atoms. The van der Waals surface area contributed by atoms with E-state index >= 15 is 0 Å². The van der Waals surface area contributed by atoms with Crippen LogP contribution in [0, 0.1) is 17.3 Å². The molecule has 1 aromatic carbocycles. The van der Waals surface area contributed by atoms with Gasteiger partial charge in [0.2, 0.25) is 12.6 Å². The van der Waals surface area contributed by atoms with Crippen molar-refractivity contribution in [1.29, 1.82) is 0 Å². The summed E-state index contributed by atoms with van der Waals surface area (Å²) in [5.41, 5.74) is 0.268. The number of carbonyl (C=O) groups is 5. The van der Waals surface area contributed by atoms with Gasteiger partial charge in [0.1, 0.15) is 22.8 Å². The number of primary amides is 1. The molecule has 0 aliphatic heterocycles. The van der Waals surface area contributed by atoms with Crippen LogP contribution in [0.1, 0.15) is 50.3 Å². The number of hydrogen-bond donors (Lipinski definition) is 5. The number of ether oxygens (including phenoxy) is 2. The highest BCUT2D eigenvalue weighted by Gasteiger charge is 2.64. The van der Waals surface area contributed by atoms with Gasteiger partial charge in [-0.15, -0.1) is 0 Å². The van der Waals surface area contributed by atoms with Gasteiger partial charge in [-0.25, -0.2) is 4.79 Å². The standard InChI is InChI=1S/C34H43F3N4O11/c1-32(2,3)30(48)51-14-52-31(49)41(9-8-33(35,36)37)13-16-12-19(39(4)5)17-10-15-11-18-23(40(6)7)26(44)22(29(38)47)28(46)34(18,50)27(45)20(15)25(43)21(17)24(16)42/h12,15,18,23,42-43,46,50H,8-11,13-14H2,1-7H3,(H2,38,47)/t15-,18-,23-,34-/m0/s1. The van der Waals surface area contributed by atoms with Crippen molar-refractivity contribution < 1.29 is 67.0 Å². The van der Waals surface area contributed by atoms with Gasteiger partial charge in [-0.05, 0) is 65.3 Å². The molecule has 286 valence electrons. The van der Waals surface area contributed by atoms with Crippen molar-refractivity contribution in [2.45, 2.75) is 64.4 Å².